The molecule has 2 aromatic heterocycles. The molecule has 0 saturated heterocycles. The Labute approximate surface area is 90.9 Å². The number of aryl methyl sites for hydroxylation is 1. The molecule has 2 aromatic rings. The molecule has 0 aromatic carbocycles. The summed E-state index contributed by atoms with van der Waals surface area (Å²) in [6.45, 7) is 2.05. The minimum Gasteiger partial charge on any atom is -0.340 e. The Balaban J connectivity index is 2.57. The van der Waals surface area contributed by atoms with Crippen LogP contribution in [-0.2, 0) is 7.05 Å². The molecule has 3 nitrogen and oxygen atoms in total. The summed E-state index contributed by atoms with van der Waals surface area (Å²) in [5.74, 6) is 0. The second kappa shape index (κ2) is 3.53. The first-order valence-corrected chi connectivity index (χ1v) is 5.06. The lowest BCUT2D eigenvalue weighted by Crippen LogP contribution is -1.87. The zero-order valence-electron chi connectivity index (χ0n) is 8.03. The average molecular weight is 252 g/mol. The van der Waals surface area contributed by atoms with Crippen LogP contribution in [0.5, 0.6) is 0 Å². The van der Waals surface area contributed by atoms with Gasteiger partial charge in [0.2, 0.25) is 0 Å². The second-order valence-electron chi connectivity index (χ2n) is 3.22. The predicted molar refractivity (Wildman–Crippen MR) is 58.9 cm³/mol. The Morgan fingerprint density at radius 1 is 1.36 bits per heavy atom. The van der Waals surface area contributed by atoms with E-state index in [2.05, 4.69) is 32.8 Å². The van der Waals surface area contributed by atoms with Crippen LogP contribution in [0.4, 0.5) is 0 Å². The maximum atomic E-state index is 4.29. The number of nitrogens with zero attached hydrogens (tertiary/aromatic N) is 3. The molecule has 0 unspecified atom stereocenters. The fourth-order valence-corrected chi connectivity index (χ4v) is 1.64. The molecule has 0 aliphatic carbocycles. The summed E-state index contributed by atoms with van der Waals surface area (Å²) in [6, 6.07) is 0. The van der Waals surface area contributed by atoms with Crippen molar-refractivity contribution in [3.05, 3.63) is 35.0 Å². The van der Waals surface area contributed by atoms with Gasteiger partial charge in [0.1, 0.15) is 0 Å². The first kappa shape index (κ1) is 9.40. The van der Waals surface area contributed by atoms with Gasteiger partial charge in [0.05, 0.1) is 12.0 Å². The molecular weight excluding hydrogens is 242 g/mol. The van der Waals surface area contributed by atoms with Gasteiger partial charge in [0.25, 0.3) is 0 Å². The maximum absolute atomic E-state index is 4.29. The third-order valence-corrected chi connectivity index (χ3v) is 2.93. The molecule has 0 spiro atoms. The van der Waals surface area contributed by atoms with Crippen LogP contribution >= 0.6 is 15.9 Å². The van der Waals surface area contributed by atoms with Crippen molar-refractivity contribution >= 4 is 15.9 Å². The van der Waals surface area contributed by atoms with Crippen molar-refractivity contribution < 1.29 is 0 Å². The van der Waals surface area contributed by atoms with Crippen LogP contribution in [0.15, 0.2) is 29.4 Å². The van der Waals surface area contributed by atoms with Gasteiger partial charge in [-0.2, -0.15) is 0 Å². The predicted octanol–water partition coefficient (Wildman–Crippen LogP) is 2.55. The topological polar surface area (TPSA) is 30.7 Å². The Kier molecular flexibility index (Phi) is 2.37. The van der Waals surface area contributed by atoms with Crippen molar-refractivity contribution in [3.8, 4) is 11.3 Å². The quantitative estimate of drug-likeness (QED) is 0.780. The Morgan fingerprint density at radius 2 is 2.14 bits per heavy atom. The molecule has 72 valence electrons. The number of rotatable bonds is 1. The van der Waals surface area contributed by atoms with Gasteiger partial charge < -0.3 is 4.57 Å². The smallest absolute Gasteiger partial charge is 0.0951 e. The monoisotopic (exact) mass is 251 g/mol. The van der Waals surface area contributed by atoms with E-state index in [1.54, 1.807) is 12.5 Å². The molecule has 0 fully saturated rings. The highest BCUT2D eigenvalue weighted by Crippen LogP contribution is 2.25. The van der Waals surface area contributed by atoms with E-state index in [1.807, 2.05) is 24.0 Å². The minimum absolute atomic E-state index is 0.957. The summed E-state index contributed by atoms with van der Waals surface area (Å²) in [5, 5.41) is 0. The van der Waals surface area contributed by atoms with Crippen LogP contribution in [0.1, 0.15) is 5.56 Å². The number of imidazole rings is 1. The molecule has 0 atom stereocenters. The van der Waals surface area contributed by atoms with Gasteiger partial charge in [-0.05, 0) is 28.4 Å². The summed E-state index contributed by atoms with van der Waals surface area (Å²) >= 11 is 3.45. The molecule has 4 heteroatoms. The number of hydrogen-bond donors (Lipinski definition) is 0. The van der Waals surface area contributed by atoms with Crippen LogP contribution in [0.2, 0.25) is 0 Å². The van der Waals surface area contributed by atoms with Crippen molar-refractivity contribution in [3.63, 3.8) is 0 Å². The highest BCUT2D eigenvalue weighted by atomic mass is 79.9. The number of halogens is 1. The van der Waals surface area contributed by atoms with Crippen molar-refractivity contribution in [2.24, 2.45) is 7.05 Å². The summed E-state index contributed by atoms with van der Waals surface area (Å²) in [4.78, 5) is 8.42. The van der Waals surface area contributed by atoms with E-state index in [0.717, 1.165) is 15.7 Å². The van der Waals surface area contributed by atoms with Gasteiger partial charge in [-0.1, -0.05) is 0 Å². The summed E-state index contributed by atoms with van der Waals surface area (Å²) in [6.07, 6.45) is 7.40. The molecule has 0 aliphatic rings. The maximum Gasteiger partial charge on any atom is 0.0951 e. The fourth-order valence-electron chi connectivity index (χ4n) is 1.31. The third kappa shape index (κ3) is 1.57. The normalized spacial score (nSPS) is 10.5. The first-order valence-electron chi connectivity index (χ1n) is 4.27. The Bertz CT molecular complexity index is 462. The zero-order chi connectivity index (χ0) is 10.1. The van der Waals surface area contributed by atoms with E-state index >= 15 is 0 Å². The largest absolute Gasteiger partial charge is 0.340 e. The molecule has 14 heavy (non-hydrogen) atoms. The highest BCUT2D eigenvalue weighted by molar-refractivity contribution is 9.10. The number of aromatic nitrogens is 3. The van der Waals surface area contributed by atoms with Gasteiger partial charge in [0, 0.05) is 35.7 Å². The molecule has 0 N–H and O–H groups in total. The van der Waals surface area contributed by atoms with E-state index in [1.165, 1.54) is 5.56 Å². The van der Waals surface area contributed by atoms with E-state index in [9.17, 15) is 0 Å². The molecule has 0 saturated carbocycles. The van der Waals surface area contributed by atoms with Crippen molar-refractivity contribution in [1.82, 2.24) is 14.5 Å². The van der Waals surface area contributed by atoms with E-state index in [0.29, 0.717) is 0 Å². The second-order valence-corrected chi connectivity index (χ2v) is 4.07. The molecule has 0 aliphatic heterocycles. The van der Waals surface area contributed by atoms with Crippen LogP contribution in [-0.4, -0.2) is 14.5 Å². The third-order valence-electron chi connectivity index (χ3n) is 2.13. The molecule has 0 amide bonds. The lowest BCUT2D eigenvalue weighted by atomic mass is 10.1. The van der Waals surface area contributed by atoms with Crippen LogP contribution in [0, 0.1) is 6.92 Å². The van der Waals surface area contributed by atoms with E-state index in [-0.39, 0.29) is 0 Å². The molecule has 0 radical (unpaired) electrons. The molecule has 0 bridgehead atoms. The first-order chi connectivity index (χ1) is 6.68. The van der Waals surface area contributed by atoms with E-state index in [4.69, 9.17) is 0 Å². The van der Waals surface area contributed by atoms with Gasteiger partial charge in [-0.25, -0.2) is 4.98 Å². The SMILES string of the molecule is Cc1c(Br)cncc1-c1cn(C)cn1. The van der Waals surface area contributed by atoms with Crippen molar-refractivity contribution in [2.45, 2.75) is 6.92 Å². The van der Waals surface area contributed by atoms with Gasteiger partial charge in [-0.3, -0.25) is 4.98 Å². The number of hydrogen-bond acceptors (Lipinski definition) is 2. The van der Waals surface area contributed by atoms with Crippen molar-refractivity contribution in [2.75, 3.05) is 0 Å². The summed E-state index contributed by atoms with van der Waals surface area (Å²) < 4.78 is 2.94. The number of pyridine rings is 1. The minimum atomic E-state index is 0.957. The van der Waals surface area contributed by atoms with Crippen molar-refractivity contribution in [1.29, 1.82) is 0 Å². The van der Waals surface area contributed by atoms with Gasteiger partial charge >= 0.3 is 0 Å². The molecule has 2 heterocycles. The van der Waals surface area contributed by atoms with Gasteiger partial charge in [-0.15, -0.1) is 0 Å². The zero-order valence-corrected chi connectivity index (χ0v) is 9.62. The fraction of sp³-hybridized carbons (Fsp3) is 0.200. The molecule has 2 rings (SSSR count). The lowest BCUT2D eigenvalue weighted by molar-refractivity contribution is 0.913. The summed E-state index contributed by atoms with van der Waals surface area (Å²) in [7, 11) is 1.96. The lowest BCUT2D eigenvalue weighted by Gasteiger charge is -2.02. The average Bonchev–Trinajstić information content (AvgIpc) is 2.57. The Morgan fingerprint density at radius 3 is 2.79 bits per heavy atom. The molecular formula is C10H10BrN3. The van der Waals surface area contributed by atoms with Crippen LogP contribution < -0.4 is 0 Å². The van der Waals surface area contributed by atoms with Gasteiger partial charge in [0.15, 0.2) is 0 Å². The van der Waals surface area contributed by atoms with Crippen LogP contribution in [0.25, 0.3) is 11.3 Å². The summed E-state index contributed by atoms with van der Waals surface area (Å²) in [5.41, 5.74) is 3.19. The highest BCUT2D eigenvalue weighted by Gasteiger charge is 2.06. The standard InChI is InChI=1S/C10H10BrN3/c1-7-8(3-12-4-9(7)11)10-5-14(2)6-13-10/h3-6H,1-2H3. The van der Waals surface area contributed by atoms with E-state index < -0.39 is 0 Å². The van der Waals surface area contributed by atoms with Crippen LogP contribution in [0.3, 0.4) is 0 Å². The Hall–Kier alpha value is -1.16.